The molecule has 0 unspecified atom stereocenters. The van der Waals surface area contributed by atoms with E-state index in [0.717, 1.165) is 13.0 Å². The Kier molecular flexibility index (Phi) is 3.90. The molecule has 1 aliphatic rings. The Hall–Kier alpha value is -1.26. The van der Waals surface area contributed by atoms with Crippen LogP contribution in [0.15, 0.2) is 0 Å². The van der Waals surface area contributed by atoms with Crippen LogP contribution < -0.4 is 5.32 Å². The van der Waals surface area contributed by atoms with Gasteiger partial charge < -0.3 is 15.3 Å². The molecule has 2 N–H and O–H groups in total. The van der Waals surface area contributed by atoms with Gasteiger partial charge in [0.1, 0.15) is 0 Å². The van der Waals surface area contributed by atoms with E-state index in [0.29, 0.717) is 6.54 Å². The number of nitrogens with zero attached hydrogens (tertiary/aromatic N) is 1. The Bertz CT molecular complexity index is 386. The molecular formula is C14H26N2O3. The molecule has 1 aliphatic heterocycles. The second-order valence-electron chi connectivity index (χ2n) is 7.32. The number of carbonyl (C=O) groups excluding carboxylic acids is 1. The molecule has 0 bridgehead atoms. The van der Waals surface area contributed by atoms with E-state index in [-0.39, 0.29) is 11.4 Å². The van der Waals surface area contributed by atoms with E-state index in [2.05, 4.69) is 19.2 Å². The first kappa shape index (κ1) is 15.8. The minimum absolute atomic E-state index is 0.143. The molecule has 5 nitrogen and oxygen atoms in total. The van der Waals surface area contributed by atoms with Crippen molar-refractivity contribution in [1.82, 2.24) is 10.2 Å². The second kappa shape index (κ2) is 4.69. The molecule has 0 aromatic carbocycles. The van der Waals surface area contributed by atoms with Gasteiger partial charge in [-0.3, -0.25) is 4.79 Å². The third-order valence-corrected chi connectivity index (χ3v) is 4.48. The van der Waals surface area contributed by atoms with Crippen LogP contribution in [0.5, 0.6) is 0 Å². The number of carbonyl (C=O) groups is 2. The second-order valence-corrected chi connectivity index (χ2v) is 7.32. The van der Waals surface area contributed by atoms with Crippen LogP contribution in [-0.2, 0) is 4.79 Å². The summed E-state index contributed by atoms with van der Waals surface area (Å²) in [7, 11) is 0. The van der Waals surface area contributed by atoms with Gasteiger partial charge in [0.15, 0.2) is 0 Å². The van der Waals surface area contributed by atoms with Crippen LogP contribution in [0, 0.1) is 10.8 Å². The molecule has 5 heteroatoms. The summed E-state index contributed by atoms with van der Waals surface area (Å²) < 4.78 is 0. The lowest BCUT2D eigenvalue weighted by Crippen LogP contribution is -2.59. The van der Waals surface area contributed by atoms with Crippen molar-refractivity contribution >= 4 is 12.0 Å². The first-order valence-electron chi connectivity index (χ1n) is 6.70. The van der Waals surface area contributed by atoms with Gasteiger partial charge >= 0.3 is 12.0 Å². The van der Waals surface area contributed by atoms with Crippen molar-refractivity contribution < 1.29 is 14.7 Å². The standard InChI is InChI=1S/C14H26N2O3/c1-12(2)7-8-16(9-12)11(19)15-14(5,6)13(3,4)10(17)18/h7-9H2,1-6H3,(H,15,19)(H,17,18). The van der Waals surface area contributed by atoms with E-state index in [4.69, 9.17) is 0 Å². The first-order chi connectivity index (χ1) is 8.39. The predicted molar refractivity (Wildman–Crippen MR) is 74.0 cm³/mol. The van der Waals surface area contributed by atoms with Crippen LogP contribution >= 0.6 is 0 Å². The number of urea groups is 1. The number of hydrogen-bond acceptors (Lipinski definition) is 2. The molecule has 1 saturated heterocycles. The minimum Gasteiger partial charge on any atom is -0.481 e. The van der Waals surface area contributed by atoms with Crippen LogP contribution in [-0.4, -0.2) is 40.6 Å². The highest BCUT2D eigenvalue weighted by molar-refractivity contribution is 5.80. The van der Waals surface area contributed by atoms with Crippen LogP contribution in [0.2, 0.25) is 0 Å². The molecule has 1 fully saturated rings. The molecule has 0 radical (unpaired) electrons. The summed E-state index contributed by atoms with van der Waals surface area (Å²) in [4.78, 5) is 25.3. The topological polar surface area (TPSA) is 69.6 Å². The van der Waals surface area contributed by atoms with Gasteiger partial charge in [-0.1, -0.05) is 13.8 Å². The number of amides is 2. The molecule has 1 heterocycles. The maximum absolute atomic E-state index is 12.2. The predicted octanol–water partition coefficient (Wildman–Crippen LogP) is 2.32. The zero-order valence-corrected chi connectivity index (χ0v) is 12.8. The highest BCUT2D eigenvalue weighted by Crippen LogP contribution is 2.32. The molecule has 0 atom stereocenters. The van der Waals surface area contributed by atoms with Crippen molar-refractivity contribution in [3.63, 3.8) is 0 Å². The highest BCUT2D eigenvalue weighted by Gasteiger charge is 2.45. The summed E-state index contributed by atoms with van der Waals surface area (Å²) in [5.74, 6) is -0.917. The summed E-state index contributed by atoms with van der Waals surface area (Å²) in [6, 6.07) is -0.176. The number of hydrogen-bond donors (Lipinski definition) is 2. The third-order valence-electron chi connectivity index (χ3n) is 4.48. The van der Waals surface area contributed by atoms with Gasteiger partial charge in [-0.15, -0.1) is 0 Å². The van der Waals surface area contributed by atoms with Gasteiger partial charge in [0.05, 0.1) is 11.0 Å². The van der Waals surface area contributed by atoms with Gasteiger partial charge in [-0.2, -0.15) is 0 Å². The molecule has 0 saturated carbocycles. The Labute approximate surface area is 115 Å². The Morgan fingerprint density at radius 3 is 2.11 bits per heavy atom. The van der Waals surface area contributed by atoms with Crippen molar-refractivity contribution in [2.24, 2.45) is 10.8 Å². The number of carboxylic acid groups (broad SMARTS) is 1. The summed E-state index contributed by atoms with van der Waals surface area (Å²) in [6.07, 6.45) is 0.975. The van der Waals surface area contributed by atoms with Crippen LogP contribution in [0.4, 0.5) is 4.79 Å². The van der Waals surface area contributed by atoms with Gasteiger partial charge in [-0.05, 0) is 39.5 Å². The Balaban J connectivity index is 2.74. The SMILES string of the molecule is CC1(C)CCN(C(=O)NC(C)(C)C(C)(C)C(=O)O)C1. The maximum atomic E-state index is 12.2. The average Bonchev–Trinajstić information content (AvgIpc) is 2.57. The van der Waals surface area contributed by atoms with Gasteiger partial charge in [0.2, 0.25) is 0 Å². The quantitative estimate of drug-likeness (QED) is 0.827. The molecule has 1 rings (SSSR count). The number of nitrogens with one attached hydrogen (secondary N) is 1. The molecular weight excluding hydrogens is 244 g/mol. The number of aliphatic carboxylic acids is 1. The monoisotopic (exact) mass is 270 g/mol. The van der Waals surface area contributed by atoms with Crippen LogP contribution in [0.3, 0.4) is 0 Å². The fourth-order valence-electron chi connectivity index (χ4n) is 2.06. The first-order valence-corrected chi connectivity index (χ1v) is 6.70. The molecule has 0 aliphatic carbocycles. The highest BCUT2D eigenvalue weighted by atomic mass is 16.4. The largest absolute Gasteiger partial charge is 0.481 e. The summed E-state index contributed by atoms with van der Waals surface area (Å²) in [6.45, 7) is 12.5. The van der Waals surface area contributed by atoms with E-state index < -0.39 is 16.9 Å². The van der Waals surface area contributed by atoms with Gasteiger partial charge in [0, 0.05) is 13.1 Å². The number of likely N-dealkylation sites (tertiary alicyclic amines) is 1. The number of carboxylic acids is 1. The van der Waals surface area contributed by atoms with Gasteiger partial charge in [-0.25, -0.2) is 4.79 Å². The van der Waals surface area contributed by atoms with Crippen molar-refractivity contribution in [3.8, 4) is 0 Å². The molecule has 110 valence electrons. The van der Waals surface area contributed by atoms with E-state index in [1.807, 2.05) is 0 Å². The zero-order chi connectivity index (χ0) is 15.1. The van der Waals surface area contributed by atoms with E-state index in [9.17, 15) is 14.7 Å². The molecule has 19 heavy (non-hydrogen) atoms. The van der Waals surface area contributed by atoms with E-state index >= 15 is 0 Å². The van der Waals surface area contributed by atoms with Crippen molar-refractivity contribution in [3.05, 3.63) is 0 Å². The number of rotatable bonds is 3. The maximum Gasteiger partial charge on any atom is 0.317 e. The normalized spacial score (nSPS) is 19.4. The van der Waals surface area contributed by atoms with Gasteiger partial charge in [0.25, 0.3) is 0 Å². The molecule has 2 amide bonds. The minimum atomic E-state index is -1.03. The Morgan fingerprint density at radius 2 is 1.74 bits per heavy atom. The average molecular weight is 270 g/mol. The Morgan fingerprint density at radius 1 is 1.21 bits per heavy atom. The fourth-order valence-corrected chi connectivity index (χ4v) is 2.06. The third kappa shape index (κ3) is 3.19. The van der Waals surface area contributed by atoms with E-state index in [1.165, 1.54) is 0 Å². The smallest absolute Gasteiger partial charge is 0.317 e. The lowest BCUT2D eigenvalue weighted by atomic mass is 9.74. The van der Waals surface area contributed by atoms with Crippen molar-refractivity contribution in [2.45, 2.75) is 53.5 Å². The van der Waals surface area contributed by atoms with Crippen LogP contribution in [0.25, 0.3) is 0 Å². The summed E-state index contributed by atoms with van der Waals surface area (Å²) in [5.41, 5.74) is -1.70. The summed E-state index contributed by atoms with van der Waals surface area (Å²) >= 11 is 0. The lowest BCUT2D eigenvalue weighted by Gasteiger charge is -2.39. The fraction of sp³-hybridized carbons (Fsp3) is 0.857. The van der Waals surface area contributed by atoms with Crippen LogP contribution in [0.1, 0.15) is 48.0 Å². The van der Waals surface area contributed by atoms with Crippen molar-refractivity contribution in [1.29, 1.82) is 0 Å². The van der Waals surface area contributed by atoms with Crippen molar-refractivity contribution in [2.75, 3.05) is 13.1 Å². The molecule has 0 aromatic rings. The lowest BCUT2D eigenvalue weighted by molar-refractivity contribution is -0.150. The van der Waals surface area contributed by atoms with E-state index in [1.54, 1.807) is 32.6 Å². The molecule has 0 spiro atoms. The molecule has 0 aromatic heterocycles. The zero-order valence-electron chi connectivity index (χ0n) is 12.8. The summed E-state index contributed by atoms with van der Waals surface area (Å²) in [5, 5.41) is 12.1.